The Morgan fingerprint density at radius 3 is 2.94 bits per heavy atom. The van der Waals surface area contributed by atoms with Crippen LogP contribution >= 0.6 is 15.9 Å². The molecular weight excluding hydrogens is 303 g/mol. The first kappa shape index (κ1) is 14.9. The maximum absolute atomic E-state index is 13.1. The molecule has 0 unspecified atom stereocenters. The fraction of sp³-hybridized carbons (Fsp3) is 0.417. The molecule has 0 aromatic heterocycles. The van der Waals surface area contributed by atoms with Crippen molar-refractivity contribution in [1.82, 2.24) is 5.32 Å². The van der Waals surface area contributed by atoms with Crippen molar-refractivity contribution in [3.63, 3.8) is 0 Å². The van der Waals surface area contributed by atoms with Gasteiger partial charge in [0.1, 0.15) is 5.82 Å². The zero-order chi connectivity index (χ0) is 13.5. The lowest BCUT2D eigenvalue weighted by Crippen LogP contribution is -2.25. The molecule has 0 saturated carbocycles. The molecule has 0 aliphatic carbocycles. The van der Waals surface area contributed by atoms with Crippen LogP contribution < -0.4 is 11.1 Å². The summed E-state index contributed by atoms with van der Waals surface area (Å²) in [5.41, 5.74) is 5.71. The second kappa shape index (κ2) is 7.33. The molecule has 3 N–H and O–H groups in total. The maximum Gasteiger partial charge on any atom is 0.252 e. The van der Waals surface area contributed by atoms with Crippen LogP contribution in [0.2, 0.25) is 0 Å². The molecule has 6 heteroatoms. The first-order valence-electron chi connectivity index (χ1n) is 5.66. The Bertz CT molecular complexity index is 427. The number of carbonyl (C=O) groups is 1. The molecule has 1 amide bonds. The minimum absolute atomic E-state index is 0.0438. The van der Waals surface area contributed by atoms with E-state index in [0.717, 1.165) is 6.42 Å². The normalized spacial score (nSPS) is 10.4. The molecule has 0 atom stereocenters. The van der Waals surface area contributed by atoms with E-state index in [-0.39, 0.29) is 11.6 Å². The van der Waals surface area contributed by atoms with Gasteiger partial charge >= 0.3 is 0 Å². The highest BCUT2D eigenvalue weighted by Gasteiger charge is 2.12. The van der Waals surface area contributed by atoms with Gasteiger partial charge in [-0.05, 0) is 41.4 Å². The summed E-state index contributed by atoms with van der Waals surface area (Å²) in [5.74, 6) is -0.833. The average molecular weight is 319 g/mol. The van der Waals surface area contributed by atoms with Gasteiger partial charge in [-0.1, -0.05) is 0 Å². The minimum atomic E-state index is -0.547. The number of nitrogen functional groups attached to an aromatic ring is 1. The lowest BCUT2D eigenvalue weighted by atomic mass is 10.2. The molecule has 18 heavy (non-hydrogen) atoms. The van der Waals surface area contributed by atoms with Crippen molar-refractivity contribution >= 4 is 27.5 Å². The molecule has 0 bridgehead atoms. The highest BCUT2D eigenvalue weighted by Crippen LogP contribution is 2.22. The first-order valence-corrected chi connectivity index (χ1v) is 6.46. The molecular formula is C12H16BrFN2O2. The Hall–Kier alpha value is -1.14. The third kappa shape index (κ3) is 4.27. The average Bonchev–Trinajstić information content (AvgIpc) is 2.33. The smallest absolute Gasteiger partial charge is 0.252 e. The fourth-order valence-electron chi connectivity index (χ4n) is 1.36. The van der Waals surface area contributed by atoms with Gasteiger partial charge in [-0.15, -0.1) is 0 Å². The van der Waals surface area contributed by atoms with Crippen molar-refractivity contribution in [3.05, 3.63) is 28.0 Å². The molecule has 1 aromatic carbocycles. The van der Waals surface area contributed by atoms with Crippen molar-refractivity contribution in [1.29, 1.82) is 0 Å². The van der Waals surface area contributed by atoms with Crippen molar-refractivity contribution in [2.24, 2.45) is 0 Å². The molecule has 0 spiro atoms. The van der Waals surface area contributed by atoms with Crippen LogP contribution in [0, 0.1) is 5.82 Å². The molecule has 0 heterocycles. The summed E-state index contributed by atoms with van der Waals surface area (Å²) < 4.78 is 18.6. The van der Waals surface area contributed by atoms with E-state index >= 15 is 0 Å². The third-order valence-electron chi connectivity index (χ3n) is 2.29. The molecule has 0 radical (unpaired) electrons. The van der Waals surface area contributed by atoms with Crippen molar-refractivity contribution < 1.29 is 13.9 Å². The predicted molar refractivity (Wildman–Crippen MR) is 72.0 cm³/mol. The van der Waals surface area contributed by atoms with Crippen LogP contribution in [0.25, 0.3) is 0 Å². The molecule has 100 valence electrons. The van der Waals surface area contributed by atoms with Gasteiger partial charge in [-0.2, -0.15) is 0 Å². The van der Waals surface area contributed by atoms with Crippen molar-refractivity contribution in [3.8, 4) is 0 Å². The summed E-state index contributed by atoms with van der Waals surface area (Å²) >= 11 is 3.13. The van der Waals surface area contributed by atoms with E-state index in [2.05, 4.69) is 21.2 Å². The van der Waals surface area contributed by atoms with Gasteiger partial charge in [0.05, 0.1) is 11.3 Å². The Morgan fingerprint density at radius 2 is 2.28 bits per heavy atom. The van der Waals surface area contributed by atoms with E-state index in [4.69, 9.17) is 10.5 Å². The Morgan fingerprint density at radius 1 is 1.56 bits per heavy atom. The summed E-state index contributed by atoms with van der Waals surface area (Å²) in [6.45, 7) is 3.68. The predicted octanol–water partition coefficient (Wildman–Crippen LogP) is 2.33. The molecule has 0 aliphatic rings. The zero-order valence-electron chi connectivity index (χ0n) is 10.1. The summed E-state index contributed by atoms with van der Waals surface area (Å²) in [4.78, 5) is 11.8. The van der Waals surface area contributed by atoms with Crippen LogP contribution in [0.1, 0.15) is 23.7 Å². The standard InChI is InChI=1S/C12H16BrFN2O2/c1-2-18-5-3-4-16-12(17)8-6-11(15)10(14)7-9(8)13/h6-7H,2-5,15H2,1H3,(H,16,17). The van der Waals surface area contributed by atoms with Gasteiger partial charge in [-0.25, -0.2) is 4.39 Å². The topological polar surface area (TPSA) is 64.3 Å². The largest absolute Gasteiger partial charge is 0.396 e. The number of nitrogens with two attached hydrogens (primary N) is 1. The lowest BCUT2D eigenvalue weighted by Gasteiger charge is -2.08. The fourth-order valence-corrected chi connectivity index (χ4v) is 1.85. The second-order valence-electron chi connectivity index (χ2n) is 3.66. The number of carbonyl (C=O) groups excluding carboxylic acids is 1. The minimum Gasteiger partial charge on any atom is -0.396 e. The van der Waals surface area contributed by atoms with E-state index in [1.807, 2.05) is 6.92 Å². The quantitative estimate of drug-likeness (QED) is 0.625. The van der Waals surface area contributed by atoms with Crippen molar-refractivity contribution in [2.45, 2.75) is 13.3 Å². The number of amides is 1. The summed E-state index contributed by atoms with van der Waals surface area (Å²) in [6, 6.07) is 2.50. The lowest BCUT2D eigenvalue weighted by molar-refractivity contribution is 0.0943. The number of hydrogen-bond acceptors (Lipinski definition) is 3. The van der Waals surface area contributed by atoms with Gasteiger partial charge in [0.25, 0.3) is 5.91 Å². The Kier molecular flexibility index (Phi) is 6.07. The molecule has 4 nitrogen and oxygen atoms in total. The Balaban J connectivity index is 2.54. The summed E-state index contributed by atoms with van der Waals surface area (Å²) in [6.07, 6.45) is 0.730. The van der Waals surface area contributed by atoms with Crippen LogP contribution in [-0.2, 0) is 4.74 Å². The van der Waals surface area contributed by atoms with Crippen LogP contribution in [0.3, 0.4) is 0 Å². The molecule has 0 saturated heterocycles. The number of nitrogens with one attached hydrogen (secondary N) is 1. The number of halogens is 2. The van der Waals surface area contributed by atoms with Crippen LogP contribution in [0.15, 0.2) is 16.6 Å². The second-order valence-corrected chi connectivity index (χ2v) is 4.51. The Labute approximate surface area is 114 Å². The van der Waals surface area contributed by atoms with Gasteiger partial charge in [0.15, 0.2) is 0 Å². The van der Waals surface area contributed by atoms with Gasteiger partial charge in [0, 0.05) is 24.2 Å². The number of hydrogen-bond donors (Lipinski definition) is 2. The van der Waals surface area contributed by atoms with E-state index < -0.39 is 5.82 Å². The molecule has 1 aromatic rings. The van der Waals surface area contributed by atoms with E-state index in [1.165, 1.54) is 12.1 Å². The van der Waals surface area contributed by atoms with Gasteiger partial charge < -0.3 is 15.8 Å². The van der Waals surface area contributed by atoms with Crippen LogP contribution in [-0.4, -0.2) is 25.7 Å². The molecule has 0 fully saturated rings. The summed E-state index contributed by atoms with van der Waals surface area (Å²) in [5, 5.41) is 2.72. The number of anilines is 1. The number of ether oxygens (including phenoxy) is 1. The van der Waals surface area contributed by atoms with Gasteiger partial charge in [-0.3, -0.25) is 4.79 Å². The number of benzene rings is 1. The monoisotopic (exact) mass is 318 g/mol. The van der Waals surface area contributed by atoms with Crippen LogP contribution in [0.5, 0.6) is 0 Å². The first-order chi connectivity index (χ1) is 8.56. The third-order valence-corrected chi connectivity index (χ3v) is 2.94. The van der Waals surface area contributed by atoms with Crippen LogP contribution in [0.4, 0.5) is 10.1 Å². The van der Waals surface area contributed by atoms with Crippen molar-refractivity contribution in [2.75, 3.05) is 25.5 Å². The van der Waals surface area contributed by atoms with Gasteiger partial charge in [0.2, 0.25) is 0 Å². The molecule has 0 aliphatic heterocycles. The highest BCUT2D eigenvalue weighted by atomic mass is 79.9. The van der Waals surface area contributed by atoms with E-state index in [0.29, 0.717) is 29.8 Å². The van der Waals surface area contributed by atoms with E-state index in [1.54, 1.807) is 0 Å². The SMILES string of the molecule is CCOCCCNC(=O)c1cc(N)c(F)cc1Br. The maximum atomic E-state index is 13.1. The number of rotatable bonds is 6. The molecule has 1 rings (SSSR count). The highest BCUT2D eigenvalue weighted by molar-refractivity contribution is 9.10. The zero-order valence-corrected chi connectivity index (χ0v) is 11.7. The van der Waals surface area contributed by atoms with E-state index in [9.17, 15) is 9.18 Å². The summed E-state index contributed by atoms with van der Waals surface area (Å²) in [7, 11) is 0.